The molecule has 0 radical (unpaired) electrons. The number of carbonyl (C=O) groups excluding carboxylic acids is 1. The maximum Gasteiger partial charge on any atom is 0.317 e. The van der Waals surface area contributed by atoms with Gasteiger partial charge in [-0.15, -0.1) is 0 Å². The molecule has 2 N–H and O–H groups in total. The van der Waals surface area contributed by atoms with E-state index in [4.69, 9.17) is 4.42 Å². The molecule has 1 aliphatic heterocycles. The fraction of sp³-hybridized carbons (Fsp3) is 0.643. The molecule has 2 atom stereocenters. The Morgan fingerprint density at radius 3 is 2.95 bits per heavy atom. The zero-order valence-electron chi connectivity index (χ0n) is 12.9. The summed E-state index contributed by atoms with van der Waals surface area (Å²) >= 11 is 0. The Labute approximate surface area is 131 Å². The summed E-state index contributed by atoms with van der Waals surface area (Å²) in [6.07, 6.45) is 4.90. The summed E-state index contributed by atoms with van der Waals surface area (Å²) in [6, 6.07) is 3.25. The standard InChI is InChI=1S/C14H23N3O4S/c1-11(9-13-6-4-8-21-13)15-14(18)17-7-3-5-12(10-17)16-22(2,19)20/h4,6,8,11-12,16H,3,5,7,9-10H2,1-2H3,(H,15,18)/t11-,12+/m1/s1. The van der Waals surface area contributed by atoms with E-state index in [1.165, 1.54) is 0 Å². The molecule has 2 rings (SSSR count). The number of hydrogen-bond acceptors (Lipinski definition) is 4. The minimum Gasteiger partial charge on any atom is -0.469 e. The molecule has 7 nitrogen and oxygen atoms in total. The highest BCUT2D eigenvalue weighted by Crippen LogP contribution is 2.11. The van der Waals surface area contributed by atoms with Crippen LogP contribution in [0.15, 0.2) is 22.8 Å². The molecule has 0 spiro atoms. The van der Waals surface area contributed by atoms with Crippen LogP contribution in [0.4, 0.5) is 4.79 Å². The molecule has 8 heteroatoms. The molecule has 1 aromatic heterocycles. The Morgan fingerprint density at radius 2 is 2.32 bits per heavy atom. The first-order valence-corrected chi connectivity index (χ1v) is 9.28. The monoisotopic (exact) mass is 329 g/mol. The van der Waals surface area contributed by atoms with Gasteiger partial charge in [0.25, 0.3) is 0 Å². The van der Waals surface area contributed by atoms with Gasteiger partial charge < -0.3 is 14.6 Å². The maximum atomic E-state index is 12.3. The highest BCUT2D eigenvalue weighted by Gasteiger charge is 2.26. The molecule has 0 bridgehead atoms. The van der Waals surface area contributed by atoms with Crippen molar-refractivity contribution in [1.29, 1.82) is 0 Å². The van der Waals surface area contributed by atoms with Gasteiger partial charge in [-0.3, -0.25) is 0 Å². The van der Waals surface area contributed by atoms with Gasteiger partial charge in [0.15, 0.2) is 0 Å². The summed E-state index contributed by atoms with van der Waals surface area (Å²) in [5.41, 5.74) is 0. The van der Waals surface area contributed by atoms with Gasteiger partial charge in [-0.05, 0) is 31.9 Å². The number of sulfonamides is 1. The van der Waals surface area contributed by atoms with Gasteiger partial charge >= 0.3 is 6.03 Å². The van der Waals surface area contributed by atoms with E-state index in [-0.39, 0.29) is 18.1 Å². The summed E-state index contributed by atoms with van der Waals surface area (Å²) in [7, 11) is -3.25. The minimum atomic E-state index is -3.25. The number of urea groups is 1. The lowest BCUT2D eigenvalue weighted by Crippen LogP contribution is -2.53. The molecular weight excluding hydrogens is 306 g/mol. The van der Waals surface area contributed by atoms with Crippen LogP contribution >= 0.6 is 0 Å². The van der Waals surface area contributed by atoms with Crippen molar-refractivity contribution in [3.05, 3.63) is 24.2 Å². The molecular formula is C14H23N3O4S. The van der Waals surface area contributed by atoms with Gasteiger partial charge in [0.05, 0.1) is 12.5 Å². The van der Waals surface area contributed by atoms with Crippen LogP contribution in [0, 0.1) is 0 Å². The molecule has 1 saturated heterocycles. The highest BCUT2D eigenvalue weighted by molar-refractivity contribution is 7.88. The molecule has 1 fully saturated rings. The SMILES string of the molecule is C[C@H](Cc1ccco1)NC(=O)N1CCC[C@H](NS(C)(=O)=O)C1. The third-order valence-electron chi connectivity index (χ3n) is 3.55. The van der Waals surface area contributed by atoms with E-state index in [0.717, 1.165) is 24.9 Å². The number of nitrogens with one attached hydrogen (secondary N) is 2. The van der Waals surface area contributed by atoms with E-state index in [1.807, 2.05) is 19.1 Å². The summed E-state index contributed by atoms with van der Waals surface area (Å²) < 4.78 is 30.4. The molecule has 1 aliphatic rings. The predicted octanol–water partition coefficient (Wildman–Crippen LogP) is 0.934. The van der Waals surface area contributed by atoms with E-state index in [1.54, 1.807) is 11.2 Å². The lowest BCUT2D eigenvalue weighted by Gasteiger charge is -2.33. The number of likely N-dealkylation sites (tertiary alicyclic amines) is 1. The maximum absolute atomic E-state index is 12.3. The minimum absolute atomic E-state index is 0.0538. The summed E-state index contributed by atoms with van der Waals surface area (Å²) in [6.45, 7) is 2.95. The molecule has 0 saturated carbocycles. The van der Waals surface area contributed by atoms with Gasteiger partial charge in [0.2, 0.25) is 10.0 Å². The average molecular weight is 329 g/mol. The Balaban J connectivity index is 1.83. The number of hydrogen-bond donors (Lipinski definition) is 2. The number of nitrogens with zero attached hydrogens (tertiary/aromatic N) is 1. The van der Waals surface area contributed by atoms with Crippen LogP contribution < -0.4 is 10.0 Å². The van der Waals surface area contributed by atoms with Crippen LogP contribution in [-0.2, 0) is 16.4 Å². The summed E-state index contributed by atoms with van der Waals surface area (Å²) in [4.78, 5) is 13.9. The van der Waals surface area contributed by atoms with Gasteiger partial charge in [-0.25, -0.2) is 17.9 Å². The van der Waals surface area contributed by atoms with Crippen LogP contribution in [0.5, 0.6) is 0 Å². The number of carbonyl (C=O) groups is 1. The second kappa shape index (κ2) is 7.15. The predicted molar refractivity (Wildman–Crippen MR) is 83.0 cm³/mol. The van der Waals surface area contributed by atoms with Crippen molar-refractivity contribution in [3.8, 4) is 0 Å². The third kappa shape index (κ3) is 5.34. The van der Waals surface area contributed by atoms with Gasteiger partial charge in [-0.1, -0.05) is 0 Å². The van der Waals surface area contributed by atoms with Gasteiger partial charge in [-0.2, -0.15) is 0 Å². The lowest BCUT2D eigenvalue weighted by atomic mass is 10.1. The Bertz CT molecular complexity index is 585. The van der Waals surface area contributed by atoms with Crippen molar-refractivity contribution in [3.63, 3.8) is 0 Å². The quantitative estimate of drug-likeness (QED) is 0.841. The Kier molecular flexibility index (Phi) is 5.47. The van der Waals surface area contributed by atoms with Crippen LogP contribution in [0.25, 0.3) is 0 Å². The fourth-order valence-electron chi connectivity index (χ4n) is 2.64. The van der Waals surface area contributed by atoms with Crippen molar-refractivity contribution in [1.82, 2.24) is 14.9 Å². The lowest BCUT2D eigenvalue weighted by molar-refractivity contribution is 0.174. The summed E-state index contributed by atoms with van der Waals surface area (Å²) in [5, 5.41) is 2.92. The second-order valence-electron chi connectivity index (χ2n) is 5.81. The molecule has 2 heterocycles. The molecule has 0 unspecified atom stereocenters. The van der Waals surface area contributed by atoms with Crippen molar-refractivity contribution >= 4 is 16.1 Å². The smallest absolute Gasteiger partial charge is 0.317 e. The zero-order valence-corrected chi connectivity index (χ0v) is 13.7. The summed E-state index contributed by atoms with van der Waals surface area (Å²) in [5.74, 6) is 0.822. The van der Waals surface area contributed by atoms with Crippen LogP contribution in [0.1, 0.15) is 25.5 Å². The van der Waals surface area contributed by atoms with E-state index < -0.39 is 10.0 Å². The number of amides is 2. The van der Waals surface area contributed by atoms with Crippen molar-refractivity contribution < 1.29 is 17.6 Å². The number of piperidine rings is 1. The first-order valence-electron chi connectivity index (χ1n) is 7.38. The average Bonchev–Trinajstić information content (AvgIpc) is 2.89. The first-order chi connectivity index (χ1) is 10.3. The second-order valence-corrected chi connectivity index (χ2v) is 7.59. The van der Waals surface area contributed by atoms with Gasteiger partial charge in [0, 0.05) is 31.6 Å². The number of rotatable bonds is 5. The molecule has 0 aromatic carbocycles. The van der Waals surface area contributed by atoms with E-state index in [9.17, 15) is 13.2 Å². The molecule has 1 aromatic rings. The zero-order chi connectivity index (χ0) is 16.2. The van der Waals surface area contributed by atoms with Crippen LogP contribution in [0.3, 0.4) is 0 Å². The van der Waals surface area contributed by atoms with E-state index in [0.29, 0.717) is 19.5 Å². The van der Waals surface area contributed by atoms with Crippen molar-refractivity contribution in [2.75, 3.05) is 19.3 Å². The first kappa shape index (κ1) is 16.8. The van der Waals surface area contributed by atoms with Crippen molar-refractivity contribution in [2.45, 2.75) is 38.3 Å². The third-order valence-corrected chi connectivity index (χ3v) is 4.31. The molecule has 124 valence electrons. The molecule has 0 aliphatic carbocycles. The van der Waals surface area contributed by atoms with Crippen LogP contribution in [0.2, 0.25) is 0 Å². The molecule has 22 heavy (non-hydrogen) atoms. The largest absolute Gasteiger partial charge is 0.469 e. The van der Waals surface area contributed by atoms with E-state index >= 15 is 0 Å². The Morgan fingerprint density at radius 1 is 1.55 bits per heavy atom. The normalized spacial score (nSPS) is 20.6. The molecule has 2 amide bonds. The Hall–Kier alpha value is -1.54. The van der Waals surface area contributed by atoms with Crippen LogP contribution in [-0.4, -0.2) is 50.8 Å². The number of furan rings is 1. The highest BCUT2D eigenvalue weighted by atomic mass is 32.2. The topological polar surface area (TPSA) is 91.7 Å². The van der Waals surface area contributed by atoms with E-state index in [2.05, 4.69) is 10.0 Å². The van der Waals surface area contributed by atoms with Crippen molar-refractivity contribution in [2.24, 2.45) is 0 Å². The fourth-order valence-corrected chi connectivity index (χ4v) is 3.44. The van der Waals surface area contributed by atoms with Gasteiger partial charge in [0.1, 0.15) is 5.76 Å².